The van der Waals surface area contributed by atoms with Crippen LogP contribution in [0, 0.1) is 0 Å². The Kier molecular flexibility index (Phi) is 5.81. The van der Waals surface area contributed by atoms with Gasteiger partial charge < -0.3 is 19.5 Å². The summed E-state index contributed by atoms with van der Waals surface area (Å²) in [6, 6.07) is 6.02. The number of carbonyl (C=O) groups excluding carboxylic acids is 1. The standard InChI is InChI=1S/C24H22F3N5O4/c1-34-17-9-14(10-18(35-2)21(17)36-3)13-7-15-19(16(33)8-13)20(12-5-4-6-28-11-12)32-23(29-15)30-22(31-32)24(25,26)27/h4-6,9-11,13,20H,7-8H2,1-3H3,(H,29,30,31). The molecule has 1 aliphatic carbocycles. The molecule has 0 radical (unpaired) electrons. The Morgan fingerprint density at radius 3 is 2.36 bits per heavy atom. The fraction of sp³-hybridized carbons (Fsp3) is 0.333. The highest BCUT2D eigenvalue weighted by Crippen LogP contribution is 2.47. The van der Waals surface area contributed by atoms with Crippen molar-refractivity contribution in [2.75, 3.05) is 26.6 Å². The molecule has 0 saturated heterocycles. The first-order chi connectivity index (χ1) is 17.2. The molecule has 3 aromatic rings. The van der Waals surface area contributed by atoms with Crippen molar-refractivity contribution >= 4 is 11.7 Å². The third-order valence-electron chi connectivity index (χ3n) is 6.33. The zero-order valence-corrected chi connectivity index (χ0v) is 19.6. The maximum absolute atomic E-state index is 13.6. The molecule has 12 heteroatoms. The number of rotatable bonds is 5. The number of ether oxygens (including phenoxy) is 3. The third-order valence-corrected chi connectivity index (χ3v) is 6.33. The number of alkyl halides is 3. The molecular weight excluding hydrogens is 479 g/mol. The summed E-state index contributed by atoms with van der Waals surface area (Å²) < 4.78 is 57.7. The van der Waals surface area contributed by atoms with Gasteiger partial charge in [-0.1, -0.05) is 6.07 Å². The number of ketones is 1. The van der Waals surface area contributed by atoms with E-state index in [0.717, 1.165) is 10.2 Å². The van der Waals surface area contributed by atoms with Gasteiger partial charge in [-0.05, 0) is 41.7 Å². The van der Waals surface area contributed by atoms with Crippen molar-refractivity contribution in [1.82, 2.24) is 19.7 Å². The monoisotopic (exact) mass is 501 g/mol. The average molecular weight is 501 g/mol. The van der Waals surface area contributed by atoms with Crippen LogP contribution in [-0.2, 0) is 11.0 Å². The molecule has 9 nitrogen and oxygen atoms in total. The molecule has 36 heavy (non-hydrogen) atoms. The highest BCUT2D eigenvalue weighted by atomic mass is 19.4. The number of allylic oxidation sites excluding steroid dienone is 2. The molecule has 2 unspecified atom stereocenters. The molecule has 2 aliphatic rings. The maximum atomic E-state index is 13.6. The van der Waals surface area contributed by atoms with Crippen molar-refractivity contribution < 1.29 is 32.2 Å². The van der Waals surface area contributed by atoms with Crippen molar-refractivity contribution in [3.63, 3.8) is 0 Å². The minimum Gasteiger partial charge on any atom is -0.493 e. The van der Waals surface area contributed by atoms with E-state index in [9.17, 15) is 18.0 Å². The summed E-state index contributed by atoms with van der Waals surface area (Å²) in [7, 11) is 4.50. The average Bonchev–Trinajstić information content (AvgIpc) is 3.31. The number of nitrogens with one attached hydrogen (secondary N) is 1. The van der Waals surface area contributed by atoms with Crippen LogP contribution < -0.4 is 19.5 Å². The number of hydrogen-bond acceptors (Lipinski definition) is 8. The Bertz CT molecular complexity index is 1330. The molecule has 0 bridgehead atoms. The van der Waals surface area contributed by atoms with Crippen LogP contribution >= 0.6 is 0 Å². The zero-order chi connectivity index (χ0) is 25.6. The number of fused-ring (bicyclic) bond motifs is 1. The van der Waals surface area contributed by atoms with Gasteiger partial charge in [-0.3, -0.25) is 9.78 Å². The first-order valence-electron chi connectivity index (χ1n) is 11.0. The molecule has 0 spiro atoms. The topological polar surface area (TPSA) is 100 Å². The van der Waals surface area contributed by atoms with E-state index in [2.05, 4.69) is 20.4 Å². The zero-order valence-electron chi connectivity index (χ0n) is 19.6. The fourth-order valence-electron chi connectivity index (χ4n) is 4.75. The van der Waals surface area contributed by atoms with Gasteiger partial charge >= 0.3 is 6.18 Å². The normalized spacial score (nSPS) is 19.3. The summed E-state index contributed by atoms with van der Waals surface area (Å²) in [5.74, 6) is -0.571. The van der Waals surface area contributed by atoms with Crippen molar-refractivity contribution in [1.29, 1.82) is 0 Å². The number of carbonyl (C=O) groups is 1. The maximum Gasteiger partial charge on any atom is 0.453 e. The van der Waals surface area contributed by atoms with Crippen LogP contribution in [0.3, 0.4) is 0 Å². The summed E-state index contributed by atoms with van der Waals surface area (Å²) in [6.07, 6.45) is -1.20. The second kappa shape index (κ2) is 8.85. The van der Waals surface area contributed by atoms with Crippen LogP contribution in [0.25, 0.3) is 0 Å². The Balaban J connectivity index is 1.60. The number of hydrogen-bond donors (Lipinski definition) is 1. The minimum absolute atomic E-state index is 0.0896. The van der Waals surface area contributed by atoms with E-state index < -0.39 is 18.0 Å². The Labute approximate surface area is 203 Å². The first kappa shape index (κ1) is 23.6. The smallest absolute Gasteiger partial charge is 0.453 e. The molecule has 1 N–H and O–H groups in total. The van der Waals surface area contributed by atoms with E-state index in [-0.39, 0.29) is 24.1 Å². The minimum atomic E-state index is -4.74. The Morgan fingerprint density at radius 2 is 1.78 bits per heavy atom. The van der Waals surface area contributed by atoms with Crippen LogP contribution in [0.2, 0.25) is 0 Å². The predicted molar refractivity (Wildman–Crippen MR) is 121 cm³/mol. The van der Waals surface area contributed by atoms with Gasteiger partial charge in [-0.15, -0.1) is 5.10 Å². The molecule has 2 aromatic heterocycles. The lowest BCUT2D eigenvalue weighted by Gasteiger charge is -2.35. The third kappa shape index (κ3) is 3.91. The van der Waals surface area contributed by atoms with Crippen LogP contribution in [0.1, 0.15) is 41.8 Å². The fourth-order valence-corrected chi connectivity index (χ4v) is 4.75. The van der Waals surface area contributed by atoms with Crippen LogP contribution in [0.4, 0.5) is 19.1 Å². The van der Waals surface area contributed by atoms with Gasteiger partial charge in [-0.2, -0.15) is 18.2 Å². The van der Waals surface area contributed by atoms with Gasteiger partial charge in [-0.25, -0.2) is 4.68 Å². The van der Waals surface area contributed by atoms with E-state index in [0.29, 0.717) is 40.5 Å². The molecule has 0 amide bonds. The molecule has 0 fully saturated rings. The summed E-state index contributed by atoms with van der Waals surface area (Å²) in [5.41, 5.74) is 2.14. The van der Waals surface area contributed by atoms with E-state index in [1.165, 1.54) is 27.5 Å². The van der Waals surface area contributed by atoms with Crippen molar-refractivity contribution in [2.45, 2.75) is 31.0 Å². The molecule has 1 aromatic carbocycles. The molecule has 1 aliphatic heterocycles. The van der Waals surface area contributed by atoms with Gasteiger partial charge in [0.15, 0.2) is 17.3 Å². The number of pyridine rings is 1. The van der Waals surface area contributed by atoms with E-state index in [1.54, 1.807) is 30.5 Å². The molecule has 3 heterocycles. The predicted octanol–water partition coefficient (Wildman–Crippen LogP) is 4.13. The van der Waals surface area contributed by atoms with E-state index >= 15 is 0 Å². The number of methoxy groups -OCH3 is 3. The van der Waals surface area contributed by atoms with Gasteiger partial charge in [0, 0.05) is 30.1 Å². The second-order valence-corrected chi connectivity index (χ2v) is 8.39. The molecule has 2 atom stereocenters. The van der Waals surface area contributed by atoms with E-state index in [4.69, 9.17) is 14.2 Å². The molecule has 188 valence electrons. The lowest BCUT2D eigenvalue weighted by atomic mass is 9.78. The quantitative estimate of drug-likeness (QED) is 0.557. The van der Waals surface area contributed by atoms with Gasteiger partial charge in [0.05, 0.1) is 21.3 Å². The lowest BCUT2D eigenvalue weighted by molar-refractivity contribution is -0.145. The second-order valence-electron chi connectivity index (χ2n) is 8.39. The van der Waals surface area contributed by atoms with Gasteiger partial charge in [0.2, 0.25) is 11.7 Å². The highest BCUT2D eigenvalue weighted by Gasteiger charge is 2.43. The van der Waals surface area contributed by atoms with Crippen LogP contribution in [0.5, 0.6) is 17.2 Å². The molecule has 0 saturated carbocycles. The summed E-state index contributed by atoms with van der Waals surface area (Å²) in [4.78, 5) is 21.3. The first-order valence-corrected chi connectivity index (χ1v) is 11.0. The van der Waals surface area contributed by atoms with Gasteiger partial charge in [0.25, 0.3) is 5.82 Å². The molecule has 5 rings (SSSR count). The number of nitrogens with zero attached hydrogens (tertiary/aromatic N) is 4. The Hall–Kier alpha value is -4.09. The largest absolute Gasteiger partial charge is 0.493 e. The number of benzene rings is 1. The van der Waals surface area contributed by atoms with E-state index in [1.807, 2.05) is 0 Å². The Morgan fingerprint density at radius 1 is 1.06 bits per heavy atom. The van der Waals surface area contributed by atoms with Crippen molar-refractivity contribution in [3.8, 4) is 17.2 Å². The number of anilines is 1. The van der Waals surface area contributed by atoms with Crippen molar-refractivity contribution in [2.24, 2.45) is 0 Å². The van der Waals surface area contributed by atoms with Crippen molar-refractivity contribution in [3.05, 3.63) is 64.9 Å². The summed E-state index contributed by atoms with van der Waals surface area (Å²) in [5, 5.41) is 6.65. The SMILES string of the molecule is COc1cc(C2CC(=O)C3=C(C2)Nc2nc(C(F)(F)F)nn2C3c2cccnc2)cc(OC)c1OC. The molecular formula is C24H22F3N5O4. The van der Waals surface area contributed by atoms with Crippen LogP contribution in [0.15, 0.2) is 47.9 Å². The summed E-state index contributed by atoms with van der Waals surface area (Å²) in [6.45, 7) is 0. The number of aromatic nitrogens is 4. The number of Topliss-reactive ketones (excluding diaryl/α,β-unsaturated/α-hetero) is 1. The lowest BCUT2D eigenvalue weighted by Crippen LogP contribution is -2.33. The number of halogens is 3. The van der Waals surface area contributed by atoms with Gasteiger partial charge in [0.1, 0.15) is 6.04 Å². The summed E-state index contributed by atoms with van der Waals surface area (Å²) >= 11 is 0. The van der Waals surface area contributed by atoms with Crippen LogP contribution in [-0.4, -0.2) is 46.9 Å². The highest BCUT2D eigenvalue weighted by molar-refractivity contribution is 6.00.